The van der Waals surface area contributed by atoms with E-state index in [0.29, 0.717) is 12.5 Å². The van der Waals surface area contributed by atoms with Gasteiger partial charge in [-0.1, -0.05) is 25.7 Å². The van der Waals surface area contributed by atoms with Crippen molar-refractivity contribution in [3.63, 3.8) is 0 Å². The van der Waals surface area contributed by atoms with Crippen LogP contribution in [0.2, 0.25) is 0 Å². The lowest BCUT2D eigenvalue weighted by Gasteiger charge is -2.12. The van der Waals surface area contributed by atoms with Crippen molar-refractivity contribution in [2.75, 3.05) is 13.7 Å². The molecule has 76 valence electrons. The minimum Gasteiger partial charge on any atom is -0.438 e. The maximum Gasteiger partial charge on any atom is 0.507 e. The average Bonchev–Trinajstić information content (AvgIpc) is 2.42. The van der Waals surface area contributed by atoms with Crippen molar-refractivity contribution < 1.29 is 14.3 Å². The third-order valence-electron chi connectivity index (χ3n) is 2.58. The fourth-order valence-corrected chi connectivity index (χ4v) is 1.78. The molecule has 0 spiro atoms. The summed E-state index contributed by atoms with van der Waals surface area (Å²) < 4.78 is 9.34. The van der Waals surface area contributed by atoms with Crippen LogP contribution in [-0.2, 0) is 9.47 Å². The SMILES string of the molecule is COC(=O)OCC1CCCCCC1. The normalized spacial score (nSPS) is 19.2. The summed E-state index contributed by atoms with van der Waals surface area (Å²) in [6, 6.07) is 0. The fraction of sp³-hybridized carbons (Fsp3) is 0.900. The van der Waals surface area contributed by atoms with Gasteiger partial charge in [0.05, 0.1) is 13.7 Å². The summed E-state index contributed by atoms with van der Waals surface area (Å²) in [4.78, 5) is 10.7. The molecule has 3 nitrogen and oxygen atoms in total. The van der Waals surface area contributed by atoms with Crippen LogP contribution in [-0.4, -0.2) is 19.9 Å². The van der Waals surface area contributed by atoms with Crippen molar-refractivity contribution in [3.8, 4) is 0 Å². The summed E-state index contributed by atoms with van der Waals surface area (Å²) in [5.41, 5.74) is 0. The van der Waals surface area contributed by atoms with Gasteiger partial charge in [-0.25, -0.2) is 4.79 Å². The highest BCUT2D eigenvalue weighted by molar-refractivity contribution is 5.59. The van der Waals surface area contributed by atoms with E-state index in [1.165, 1.54) is 45.6 Å². The Morgan fingerprint density at radius 1 is 1.23 bits per heavy atom. The lowest BCUT2D eigenvalue weighted by atomic mass is 10.0. The molecule has 0 aromatic carbocycles. The molecule has 1 rings (SSSR count). The van der Waals surface area contributed by atoms with Gasteiger partial charge < -0.3 is 9.47 Å². The highest BCUT2D eigenvalue weighted by Gasteiger charge is 2.14. The second kappa shape index (κ2) is 5.84. The molecule has 1 aliphatic rings. The first-order valence-electron chi connectivity index (χ1n) is 5.03. The number of hydrogen-bond acceptors (Lipinski definition) is 3. The van der Waals surface area contributed by atoms with Crippen LogP contribution in [0.25, 0.3) is 0 Å². The molecule has 0 atom stereocenters. The molecule has 0 amide bonds. The van der Waals surface area contributed by atoms with Gasteiger partial charge in [0.25, 0.3) is 0 Å². The molecule has 0 bridgehead atoms. The number of rotatable bonds is 2. The number of carbonyl (C=O) groups is 1. The van der Waals surface area contributed by atoms with Crippen LogP contribution in [0.15, 0.2) is 0 Å². The van der Waals surface area contributed by atoms with E-state index >= 15 is 0 Å². The topological polar surface area (TPSA) is 35.5 Å². The lowest BCUT2D eigenvalue weighted by Crippen LogP contribution is -2.13. The second-order valence-electron chi connectivity index (χ2n) is 3.62. The molecular weight excluding hydrogens is 168 g/mol. The molecular formula is C10H18O3. The molecule has 1 saturated carbocycles. The smallest absolute Gasteiger partial charge is 0.438 e. The van der Waals surface area contributed by atoms with Crippen molar-refractivity contribution in [2.24, 2.45) is 5.92 Å². The zero-order valence-corrected chi connectivity index (χ0v) is 8.25. The van der Waals surface area contributed by atoms with E-state index in [0.717, 1.165) is 0 Å². The van der Waals surface area contributed by atoms with Crippen LogP contribution in [0.1, 0.15) is 38.5 Å². The predicted molar refractivity (Wildman–Crippen MR) is 49.5 cm³/mol. The highest BCUT2D eigenvalue weighted by atomic mass is 16.7. The summed E-state index contributed by atoms with van der Waals surface area (Å²) in [7, 11) is 1.34. The van der Waals surface area contributed by atoms with Gasteiger partial charge >= 0.3 is 6.16 Å². The highest BCUT2D eigenvalue weighted by Crippen LogP contribution is 2.22. The molecule has 0 heterocycles. The molecule has 0 unspecified atom stereocenters. The standard InChI is InChI=1S/C10H18O3/c1-12-10(11)13-8-9-6-4-2-3-5-7-9/h9H,2-8H2,1H3. The molecule has 1 aliphatic carbocycles. The quantitative estimate of drug-likeness (QED) is 0.491. The van der Waals surface area contributed by atoms with E-state index in [9.17, 15) is 4.79 Å². The summed E-state index contributed by atoms with van der Waals surface area (Å²) in [6.07, 6.45) is 7.03. The first-order valence-corrected chi connectivity index (χ1v) is 5.03. The molecule has 1 fully saturated rings. The van der Waals surface area contributed by atoms with Crippen LogP contribution < -0.4 is 0 Å². The number of methoxy groups -OCH3 is 1. The van der Waals surface area contributed by atoms with Crippen molar-refractivity contribution in [1.29, 1.82) is 0 Å². The van der Waals surface area contributed by atoms with Crippen molar-refractivity contribution in [3.05, 3.63) is 0 Å². The van der Waals surface area contributed by atoms with E-state index in [4.69, 9.17) is 4.74 Å². The molecule has 0 aromatic heterocycles. The molecule has 0 N–H and O–H groups in total. The van der Waals surface area contributed by atoms with Gasteiger partial charge in [0.15, 0.2) is 0 Å². The molecule has 0 saturated heterocycles. The van der Waals surface area contributed by atoms with Crippen molar-refractivity contribution >= 4 is 6.16 Å². The van der Waals surface area contributed by atoms with E-state index in [1.54, 1.807) is 0 Å². The van der Waals surface area contributed by atoms with Gasteiger partial charge in [0.2, 0.25) is 0 Å². The summed E-state index contributed by atoms with van der Waals surface area (Å²) >= 11 is 0. The largest absolute Gasteiger partial charge is 0.507 e. The van der Waals surface area contributed by atoms with Crippen LogP contribution in [0.5, 0.6) is 0 Å². The van der Waals surface area contributed by atoms with Gasteiger partial charge in [0.1, 0.15) is 0 Å². The molecule has 13 heavy (non-hydrogen) atoms. The Morgan fingerprint density at radius 2 is 1.85 bits per heavy atom. The van der Waals surface area contributed by atoms with E-state index < -0.39 is 6.16 Å². The van der Waals surface area contributed by atoms with Crippen molar-refractivity contribution in [2.45, 2.75) is 38.5 Å². The van der Waals surface area contributed by atoms with Gasteiger partial charge in [-0.05, 0) is 18.8 Å². The number of carbonyl (C=O) groups excluding carboxylic acids is 1. The van der Waals surface area contributed by atoms with Gasteiger partial charge in [-0.3, -0.25) is 0 Å². The number of hydrogen-bond donors (Lipinski definition) is 0. The van der Waals surface area contributed by atoms with Crippen LogP contribution in [0, 0.1) is 5.92 Å². The Balaban J connectivity index is 2.15. The second-order valence-corrected chi connectivity index (χ2v) is 3.62. The average molecular weight is 186 g/mol. The zero-order valence-electron chi connectivity index (χ0n) is 8.25. The minimum absolute atomic E-state index is 0.534. The molecule has 3 heteroatoms. The Kier molecular flexibility index (Phi) is 4.65. The maximum absolute atomic E-state index is 10.7. The molecule has 0 aliphatic heterocycles. The van der Waals surface area contributed by atoms with Crippen LogP contribution in [0.3, 0.4) is 0 Å². The van der Waals surface area contributed by atoms with Gasteiger partial charge in [0, 0.05) is 0 Å². The van der Waals surface area contributed by atoms with E-state index in [1.807, 2.05) is 0 Å². The Hall–Kier alpha value is -0.730. The van der Waals surface area contributed by atoms with Crippen LogP contribution in [0.4, 0.5) is 4.79 Å². The fourth-order valence-electron chi connectivity index (χ4n) is 1.78. The zero-order chi connectivity index (χ0) is 9.52. The summed E-state index contributed by atoms with van der Waals surface area (Å²) in [6.45, 7) is 0.534. The molecule has 0 aromatic rings. The summed E-state index contributed by atoms with van der Waals surface area (Å²) in [5, 5.41) is 0. The maximum atomic E-state index is 10.7. The Morgan fingerprint density at radius 3 is 2.38 bits per heavy atom. The Labute approximate surface area is 79.4 Å². The first-order chi connectivity index (χ1) is 6.33. The van der Waals surface area contributed by atoms with Gasteiger partial charge in [-0.15, -0.1) is 0 Å². The van der Waals surface area contributed by atoms with E-state index in [2.05, 4.69) is 4.74 Å². The minimum atomic E-state index is -0.552. The Bertz CT molecular complexity index is 148. The third-order valence-corrected chi connectivity index (χ3v) is 2.58. The van der Waals surface area contributed by atoms with Crippen molar-refractivity contribution in [1.82, 2.24) is 0 Å². The van der Waals surface area contributed by atoms with Gasteiger partial charge in [-0.2, -0.15) is 0 Å². The first kappa shape index (κ1) is 10.4. The third kappa shape index (κ3) is 4.15. The van der Waals surface area contributed by atoms with E-state index in [-0.39, 0.29) is 0 Å². The number of ether oxygens (including phenoxy) is 2. The monoisotopic (exact) mass is 186 g/mol. The van der Waals surface area contributed by atoms with Crippen LogP contribution >= 0.6 is 0 Å². The molecule has 0 radical (unpaired) electrons. The predicted octanol–water partition coefficient (Wildman–Crippen LogP) is 2.74. The lowest BCUT2D eigenvalue weighted by molar-refractivity contribution is 0.0578. The summed E-state index contributed by atoms with van der Waals surface area (Å²) in [5.74, 6) is 0.557.